The standard InChI is InChI=1S/C20H14F3N3O4S/c21-14-6-1-2-7-17(14)26-31(29,30)12-5-3-4-11(8-12)20(28)25-18-9-13(19(24)27)15(22)10-16(18)23/h1-10,26H,(H2,24,27)(H,25,28). The minimum absolute atomic E-state index is 0.194. The van der Waals surface area contributed by atoms with Crippen molar-refractivity contribution in [2.24, 2.45) is 5.73 Å². The average molecular weight is 449 g/mol. The second-order valence-electron chi connectivity index (χ2n) is 6.24. The summed E-state index contributed by atoms with van der Waals surface area (Å²) in [5.41, 5.74) is 3.36. The quantitative estimate of drug-likeness (QED) is 0.535. The van der Waals surface area contributed by atoms with Crippen LogP contribution in [0.25, 0.3) is 0 Å². The Hall–Kier alpha value is -3.86. The maximum Gasteiger partial charge on any atom is 0.262 e. The van der Waals surface area contributed by atoms with E-state index in [1.807, 2.05) is 0 Å². The van der Waals surface area contributed by atoms with Gasteiger partial charge in [0, 0.05) is 11.6 Å². The number of nitrogens with two attached hydrogens (primary N) is 1. The first-order valence-electron chi connectivity index (χ1n) is 8.56. The fourth-order valence-corrected chi connectivity index (χ4v) is 3.69. The Morgan fingerprint density at radius 2 is 1.52 bits per heavy atom. The van der Waals surface area contributed by atoms with Crippen LogP contribution < -0.4 is 15.8 Å². The molecule has 4 N–H and O–H groups in total. The van der Waals surface area contributed by atoms with E-state index in [1.165, 1.54) is 36.4 Å². The molecule has 31 heavy (non-hydrogen) atoms. The maximum atomic E-state index is 14.0. The minimum atomic E-state index is -4.25. The SMILES string of the molecule is NC(=O)c1cc(NC(=O)c2cccc(S(=O)(=O)Nc3ccccc3F)c2)c(F)cc1F. The number of sulfonamides is 1. The summed E-state index contributed by atoms with van der Waals surface area (Å²) >= 11 is 0. The van der Waals surface area contributed by atoms with Crippen molar-refractivity contribution < 1.29 is 31.2 Å². The number of benzene rings is 3. The van der Waals surface area contributed by atoms with E-state index < -0.39 is 50.5 Å². The molecule has 3 rings (SSSR count). The average Bonchev–Trinajstić information content (AvgIpc) is 2.71. The molecule has 0 spiro atoms. The highest BCUT2D eigenvalue weighted by Gasteiger charge is 2.20. The van der Waals surface area contributed by atoms with E-state index in [9.17, 15) is 31.2 Å². The molecule has 11 heteroatoms. The van der Waals surface area contributed by atoms with Gasteiger partial charge in [-0.25, -0.2) is 21.6 Å². The molecule has 2 amide bonds. The van der Waals surface area contributed by atoms with Crippen molar-refractivity contribution in [2.75, 3.05) is 10.0 Å². The van der Waals surface area contributed by atoms with E-state index in [0.29, 0.717) is 6.07 Å². The van der Waals surface area contributed by atoms with Crippen LogP contribution in [0.5, 0.6) is 0 Å². The Bertz CT molecular complexity index is 1300. The van der Waals surface area contributed by atoms with Crippen molar-refractivity contribution in [3.8, 4) is 0 Å². The number of hydrogen-bond acceptors (Lipinski definition) is 4. The number of carbonyl (C=O) groups excluding carboxylic acids is 2. The van der Waals surface area contributed by atoms with Crippen molar-refractivity contribution >= 4 is 33.2 Å². The number of rotatable bonds is 6. The van der Waals surface area contributed by atoms with Gasteiger partial charge in [0.1, 0.15) is 17.5 Å². The fourth-order valence-electron chi connectivity index (χ4n) is 2.58. The van der Waals surface area contributed by atoms with Gasteiger partial charge in [-0.15, -0.1) is 0 Å². The van der Waals surface area contributed by atoms with Crippen LogP contribution >= 0.6 is 0 Å². The molecule has 0 fully saturated rings. The molecule has 0 aliphatic rings. The van der Waals surface area contributed by atoms with Gasteiger partial charge in [-0.05, 0) is 36.4 Å². The summed E-state index contributed by atoms with van der Waals surface area (Å²) in [6, 6.07) is 10.9. The zero-order valence-electron chi connectivity index (χ0n) is 15.5. The van der Waals surface area contributed by atoms with Crippen molar-refractivity contribution in [2.45, 2.75) is 4.90 Å². The van der Waals surface area contributed by atoms with E-state index in [0.717, 1.165) is 18.2 Å². The predicted molar refractivity (Wildman–Crippen MR) is 106 cm³/mol. The summed E-state index contributed by atoms with van der Waals surface area (Å²) in [4.78, 5) is 23.3. The molecule has 0 aliphatic heterocycles. The summed E-state index contributed by atoms with van der Waals surface area (Å²) in [7, 11) is -4.25. The molecule has 0 saturated carbocycles. The van der Waals surface area contributed by atoms with Crippen LogP contribution in [0.2, 0.25) is 0 Å². The summed E-state index contributed by atoms with van der Waals surface area (Å²) in [5.74, 6) is -5.27. The molecular formula is C20H14F3N3O4S. The first-order chi connectivity index (χ1) is 14.6. The van der Waals surface area contributed by atoms with Crippen LogP contribution in [0, 0.1) is 17.5 Å². The normalized spacial score (nSPS) is 11.1. The molecule has 160 valence electrons. The lowest BCUT2D eigenvalue weighted by atomic mass is 10.1. The molecular weight excluding hydrogens is 435 g/mol. The largest absolute Gasteiger partial charge is 0.366 e. The van der Waals surface area contributed by atoms with Gasteiger partial charge in [0.25, 0.3) is 21.8 Å². The number of amides is 2. The topological polar surface area (TPSA) is 118 Å². The molecule has 3 aromatic carbocycles. The maximum absolute atomic E-state index is 14.0. The monoisotopic (exact) mass is 449 g/mol. The van der Waals surface area contributed by atoms with E-state index in [4.69, 9.17) is 5.73 Å². The summed E-state index contributed by atoms with van der Waals surface area (Å²) in [5, 5.41) is 2.12. The van der Waals surface area contributed by atoms with E-state index in [-0.39, 0.29) is 16.1 Å². The summed E-state index contributed by atoms with van der Waals surface area (Å²) in [6.07, 6.45) is 0. The Labute approximate surface area is 174 Å². The molecule has 0 aliphatic carbocycles. The Balaban J connectivity index is 1.88. The summed E-state index contributed by atoms with van der Waals surface area (Å²) < 4.78 is 68.4. The molecule has 0 unspecified atom stereocenters. The van der Waals surface area contributed by atoms with Crippen LogP contribution in [0.3, 0.4) is 0 Å². The lowest BCUT2D eigenvalue weighted by Crippen LogP contribution is -2.18. The zero-order chi connectivity index (χ0) is 22.8. The summed E-state index contributed by atoms with van der Waals surface area (Å²) in [6.45, 7) is 0. The van der Waals surface area contributed by atoms with Gasteiger partial charge in [-0.3, -0.25) is 14.3 Å². The lowest BCUT2D eigenvalue weighted by Gasteiger charge is -2.11. The highest BCUT2D eigenvalue weighted by molar-refractivity contribution is 7.92. The first-order valence-corrected chi connectivity index (χ1v) is 10.0. The van der Waals surface area contributed by atoms with Crippen LogP contribution in [0.1, 0.15) is 20.7 Å². The van der Waals surface area contributed by atoms with E-state index >= 15 is 0 Å². The minimum Gasteiger partial charge on any atom is -0.366 e. The van der Waals surface area contributed by atoms with Crippen LogP contribution in [0.15, 0.2) is 65.6 Å². The number of halogens is 3. The molecule has 0 aromatic heterocycles. The Morgan fingerprint density at radius 1 is 0.806 bits per heavy atom. The smallest absolute Gasteiger partial charge is 0.262 e. The van der Waals surface area contributed by atoms with Crippen molar-refractivity contribution in [1.29, 1.82) is 0 Å². The number of nitrogens with one attached hydrogen (secondary N) is 2. The number of carbonyl (C=O) groups is 2. The van der Waals surface area contributed by atoms with Gasteiger partial charge in [0.05, 0.1) is 21.8 Å². The predicted octanol–water partition coefficient (Wildman–Crippen LogP) is 3.26. The molecule has 3 aromatic rings. The second-order valence-corrected chi connectivity index (χ2v) is 7.93. The molecule has 0 atom stereocenters. The van der Waals surface area contributed by atoms with Gasteiger partial charge in [0.15, 0.2) is 0 Å². The van der Waals surface area contributed by atoms with Crippen LogP contribution in [-0.4, -0.2) is 20.2 Å². The molecule has 0 radical (unpaired) electrons. The molecule has 0 bridgehead atoms. The number of primary amides is 1. The fraction of sp³-hybridized carbons (Fsp3) is 0. The van der Waals surface area contributed by atoms with Gasteiger partial charge < -0.3 is 11.1 Å². The Morgan fingerprint density at radius 3 is 2.19 bits per heavy atom. The number of para-hydroxylation sites is 1. The molecule has 0 saturated heterocycles. The van der Waals surface area contributed by atoms with Gasteiger partial charge in [-0.1, -0.05) is 18.2 Å². The van der Waals surface area contributed by atoms with Crippen molar-refractivity contribution in [1.82, 2.24) is 0 Å². The zero-order valence-corrected chi connectivity index (χ0v) is 16.3. The van der Waals surface area contributed by atoms with Crippen LogP contribution in [0.4, 0.5) is 24.5 Å². The van der Waals surface area contributed by atoms with Gasteiger partial charge in [-0.2, -0.15) is 0 Å². The number of hydrogen-bond donors (Lipinski definition) is 3. The molecule has 7 nitrogen and oxygen atoms in total. The first kappa shape index (κ1) is 21.8. The second kappa shape index (κ2) is 8.48. The lowest BCUT2D eigenvalue weighted by molar-refractivity contribution is 0.0992. The molecule has 0 heterocycles. The third-order valence-corrected chi connectivity index (χ3v) is 5.46. The highest BCUT2D eigenvalue weighted by Crippen LogP contribution is 2.22. The third-order valence-electron chi connectivity index (χ3n) is 4.10. The highest BCUT2D eigenvalue weighted by atomic mass is 32.2. The van der Waals surface area contributed by atoms with Crippen molar-refractivity contribution in [3.05, 3.63) is 89.2 Å². The third kappa shape index (κ3) is 4.83. The number of anilines is 2. The van der Waals surface area contributed by atoms with Gasteiger partial charge >= 0.3 is 0 Å². The Kier molecular flexibility index (Phi) is 5.97. The van der Waals surface area contributed by atoms with E-state index in [2.05, 4.69) is 10.0 Å². The van der Waals surface area contributed by atoms with E-state index in [1.54, 1.807) is 0 Å². The van der Waals surface area contributed by atoms with Crippen molar-refractivity contribution in [3.63, 3.8) is 0 Å². The van der Waals surface area contributed by atoms with Crippen LogP contribution in [-0.2, 0) is 10.0 Å². The van der Waals surface area contributed by atoms with Gasteiger partial charge in [0.2, 0.25) is 0 Å².